The number of rotatable bonds is 3. The standard InChI is InChI=1S/C12H21NO/c1-3-4-8-13-10-12(14)7-5-6-11(2)9-12/h11,13-14H,5-10H2,1-2H3. The van der Waals surface area contributed by atoms with Crippen molar-refractivity contribution in [3.8, 4) is 11.8 Å². The van der Waals surface area contributed by atoms with Crippen molar-refractivity contribution in [1.29, 1.82) is 0 Å². The number of nitrogens with one attached hydrogen (secondary N) is 1. The smallest absolute Gasteiger partial charge is 0.0774 e. The van der Waals surface area contributed by atoms with Crippen molar-refractivity contribution in [2.45, 2.75) is 45.1 Å². The highest BCUT2D eigenvalue weighted by molar-refractivity contribution is 4.98. The molecule has 0 aromatic carbocycles. The predicted molar refractivity (Wildman–Crippen MR) is 58.9 cm³/mol. The first-order valence-electron chi connectivity index (χ1n) is 5.49. The summed E-state index contributed by atoms with van der Waals surface area (Å²) in [5.74, 6) is 6.44. The number of hydrogen-bond donors (Lipinski definition) is 2. The molecule has 0 bridgehead atoms. The first-order chi connectivity index (χ1) is 6.66. The lowest BCUT2D eigenvalue weighted by Gasteiger charge is -2.35. The minimum atomic E-state index is -0.479. The third kappa shape index (κ3) is 3.69. The Balaban J connectivity index is 2.28. The molecule has 2 heteroatoms. The van der Waals surface area contributed by atoms with Crippen LogP contribution in [0.25, 0.3) is 0 Å². The highest BCUT2D eigenvalue weighted by atomic mass is 16.3. The molecule has 1 rings (SSSR count). The fourth-order valence-corrected chi connectivity index (χ4v) is 2.24. The maximum absolute atomic E-state index is 10.2. The summed E-state index contributed by atoms with van der Waals surface area (Å²) in [7, 11) is 0. The molecular weight excluding hydrogens is 174 g/mol. The molecule has 0 aliphatic heterocycles. The van der Waals surface area contributed by atoms with Crippen molar-refractivity contribution < 1.29 is 5.11 Å². The Morgan fingerprint density at radius 1 is 1.57 bits per heavy atom. The third-order valence-electron chi connectivity index (χ3n) is 2.91. The molecule has 2 unspecified atom stereocenters. The molecule has 1 aliphatic carbocycles. The van der Waals surface area contributed by atoms with Gasteiger partial charge in [-0.1, -0.05) is 25.7 Å². The topological polar surface area (TPSA) is 32.3 Å². The number of hydrogen-bond acceptors (Lipinski definition) is 2. The van der Waals surface area contributed by atoms with Crippen LogP contribution in [0, 0.1) is 17.8 Å². The monoisotopic (exact) mass is 195 g/mol. The largest absolute Gasteiger partial charge is 0.389 e. The SMILES string of the molecule is CC#CCNCC1(O)CCCC(C)C1. The van der Waals surface area contributed by atoms with Gasteiger partial charge in [0.1, 0.15) is 0 Å². The van der Waals surface area contributed by atoms with E-state index in [1.54, 1.807) is 0 Å². The van der Waals surface area contributed by atoms with Crippen LogP contribution in [0.15, 0.2) is 0 Å². The quantitative estimate of drug-likeness (QED) is 0.529. The molecule has 1 fully saturated rings. The average Bonchev–Trinajstić information content (AvgIpc) is 2.12. The highest BCUT2D eigenvalue weighted by Crippen LogP contribution is 2.31. The molecule has 2 nitrogen and oxygen atoms in total. The third-order valence-corrected chi connectivity index (χ3v) is 2.91. The molecule has 0 aromatic heterocycles. The molecule has 14 heavy (non-hydrogen) atoms. The van der Waals surface area contributed by atoms with E-state index >= 15 is 0 Å². The van der Waals surface area contributed by atoms with Crippen LogP contribution in [0.5, 0.6) is 0 Å². The molecule has 0 heterocycles. The van der Waals surface area contributed by atoms with E-state index in [0.717, 1.165) is 19.3 Å². The van der Waals surface area contributed by atoms with Gasteiger partial charge in [0.2, 0.25) is 0 Å². The van der Waals surface area contributed by atoms with Crippen LogP contribution in [0.3, 0.4) is 0 Å². The molecule has 0 spiro atoms. The van der Waals surface area contributed by atoms with Crippen LogP contribution >= 0.6 is 0 Å². The average molecular weight is 195 g/mol. The Labute approximate surface area is 87.1 Å². The van der Waals surface area contributed by atoms with Crippen LogP contribution in [-0.2, 0) is 0 Å². The van der Waals surface area contributed by atoms with Crippen molar-refractivity contribution in [2.24, 2.45) is 5.92 Å². The lowest BCUT2D eigenvalue weighted by Crippen LogP contribution is -2.44. The van der Waals surface area contributed by atoms with Crippen LogP contribution in [0.1, 0.15) is 39.5 Å². The summed E-state index contributed by atoms with van der Waals surface area (Å²) in [5, 5.41) is 13.4. The first-order valence-corrected chi connectivity index (χ1v) is 5.49. The first kappa shape index (κ1) is 11.6. The van der Waals surface area contributed by atoms with Crippen molar-refractivity contribution in [2.75, 3.05) is 13.1 Å². The second kappa shape index (κ2) is 5.38. The molecular formula is C12H21NO. The van der Waals surface area contributed by atoms with Crippen molar-refractivity contribution in [1.82, 2.24) is 5.32 Å². The van der Waals surface area contributed by atoms with E-state index in [0.29, 0.717) is 19.0 Å². The van der Waals surface area contributed by atoms with Gasteiger partial charge in [-0.3, -0.25) is 0 Å². The van der Waals surface area contributed by atoms with Gasteiger partial charge in [-0.05, 0) is 25.7 Å². The lowest BCUT2D eigenvalue weighted by atomic mass is 9.79. The highest BCUT2D eigenvalue weighted by Gasteiger charge is 2.31. The van der Waals surface area contributed by atoms with Crippen LogP contribution in [0.2, 0.25) is 0 Å². The van der Waals surface area contributed by atoms with Crippen LogP contribution in [0.4, 0.5) is 0 Å². The summed E-state index contributed by atoms with van der Waals surface area (Å²) >= 11 is 0. The van der Waals surface area contributed by atoms with Crippen molar-refractivity contribution in [3.05, 3.63) is 0 Å². The molecule has 0 amide bonds. The van der Waals surface area contributed by atoms with Gasteiger partial charge in [0, 0.05) is 6.54 Å². The summed E-state index contributed by atoms with van der Waals surface area (Å²) in [6, 6.07) is 0. The van der Waals surface area contributed by atoms with Gasteiger partial charge in [0.05, 0.1) is 12.1 Å². The number of aliphatic hydroxyl groups is 1. The van der Waals surface area contributed by atoms with Crippen LogP contribution in [-0.4, -0.2) is 23.8 Å². The molecule has 2 N–H and O–H groups in total. The summed E-state index contributed by atoms with van der Waals surface area (Å²) in [4.78, 5) is 0. The fourth-order valence-electron chi connectivity index (χ4n) is 2.24. The summed E-state index contributed by atoms with van der Waals surface area (Å²) in [6.45, 7) is 5.42. The van der Waals surface area contributed by atoms with Crippen LogP contribution < -0.4 is 5.32 Å². The summed E-state index contributed by atoms with van der Waals surface area (Å²) < 4.78 is 0. The zero-order chi connectivity index (χ0) is 10.4. The van der Waals surface area contributed by atoms with Gasteiger partial charge < -0.3 is 10.4 Å². The van der Waals surface area contributed by atoms with E-state index in [1.807, 2.05) is 6.92 Å². The second-order valence-electron chi connectivity index (χ2n) is 4.46. The van der Waals surface area contributed by atoms with Gasteiger partial charge in [-0.15, -0.1) is 5.92 Å². The van der Waals surface area contributed by atoms with Gasteiger partial charge in [0.25, 0.3) is 0 Å². The second-order valence-corrected chi connectivity index (χ2v) is 4.46. The van der Waals surface area contributed by atoms with Gasteiger partial charge in [0.15, 0.2) is 0 Å². The summed E-state index contributed by atoms with van der Waals surface area (Å²) in [5.41, 5.74) is -0.479. The van der Waals surface area contributed by atoms with Gasteiger partial charge >= 0.3 is 0 Å². The van der Waals surface area contributed by atoms with E-state index < -0.39 is 5.60 Å². The van der Waals surface area contributed by atoms with E-state index in [-0.39, 0.29) is 0 Å². The van der Waals surface area contributed by atoms with E-state index in [2.05, 4.69) is 24.1 Å². The molecule has 1 saturated carbocycles. The summed E-state index contributed by atoms with van der Waals surface area (Å²) in [6.07, 6.45) is 4.28. The van der Waals surface area contributed by atoms with E-state index in [1.165, 1.54) is 6.42 Å². The minimum Gasteiger partial charge on any atom is -0.389 e. The van der Waals surface area contributed by atoms with Crippen molar-refractivity contribution >= 4 is 0 Å². The van der Waals surface area contributed by atoms with Crippen molar-refractivity contribution in [3.63, 3.8) is 0 Å². The normalized spacial score (nSPS) is 32.1. The Kier molecular flexibility index (Phi) is 4.44. The molecule has 80 valence electrons. The van der Waals surface area contributed by atoms with Gasteiger partial charge in [-0.2, -0.15) is 0 Å². The molecule has 0 aromatic rings. The zero-order valence-electron chi connectivity index (χ0n) is 9.27. The maximum atomic E-state index is 10.2. The Morgan fingerprint density at radius 3 is 3.00 bits per heavy atom. The molecule has 2 atom stereocenters. The molecule has 0 saturated heterocycles. The minimum absolute atomic E-state index is 0.479. The molecule has 1 aliphatic rings. The van der Waals surface area contributed by atoms with Gasteiger partial charge in [-0.25, -0.2) is 0 Å². The van der Waals surface area contributed by atoms with E-state index in [4.69, 9.17) is 0 Å². The predicted octanol–water partition coefficient (Wildman–Crippen LogP) is 1.54. The Bertz CT molecular complexity index is 228. The Morgan fingerprint density at radius 2 is 2.36 bits per heavy atom. The fraction of sp³-hybridized carbons (Fsp3) is 0.833. The Hall–Kier alpha value is -0.520. The lowest BCUT2D eigenvalue weighted by molar-refractivity contribution is -0.0108. The van der Waals surface area contributed by atoms with E-state index in [9.17, 15) is 5.11 Å². The molecule has 0 radical (unpaired) electrons. The zero-order valence-corrected chi connectivity index (χ0v) is 9.27. The maximum Gasteiger partial charge on any atom is 0.0774 e.